The van der Waals surface area contributed by atoms with E-state index >= 15 is 0 Å². The van der Waals surface area contributed by atoms with Gasteiger partial charge in [0.25, 0.3) is 0 Å². The van der Waals surface area contributed by atoms with E-state index in [-0.39, 0.29) is 36.1 Å². The molecule has 1 aromatic carbocycles. The third kappa shape index (κ3) is 8.57. The molecule has 3 aliphatic rings. The molecule has 5 rings (SSSR count). The van der Waals surface area contributed by atoms with Crippen LogP contribution in [-0.2, 0) is 23.8 Å². The largest absolute Gasteiger partial charge is 0.466 e. The molecule has 0 saturated carbocycles. The van der Waals surface area contributed by atoms with E-state index in [0.717, 1.165) is 22.4 Å². The highest BCUT2D eigenvalue weighted by Crippen LogP contribution is 2.36. The molecular formula is C34H45N3O8S2. The Bertz CT molecular complexity index is 1350. The summed E-state index contributed by atoms with van der Waals surface area (Å²) in [6, 6.07) is 10.4. The molecule has 47 heavy (non-hydrogen) atoms. The number of likely N-dealkylation sites (tertiary alicyclic amines) is 1. The minimum absolute atomic E-state index is 0.0598. The van der Waals surface area contributed by atoms with Crippen molar-refractivity contribution in [1.82, 2.24) is 15.2 Å². The lowest BCUT2D eigenvalue weighted by atomic mass is 9.92. The third-order valence-electron chi connectivity index (χ3n) is 8.98. The summed E-state index contributed by atoms with van der Waals surface area (Å²) in [7, 11) is 0. The van der Waals surface area contributed by atoms with Crippen LogP contribution in [0.15, 0.2) is 65.8 Å². The van der Waals surface area contributed by atoms with Crippen LogP contribution in [0, 0.1) is 5.92 Å². The van der Waals surface area contributed by atoms with Crippen LogP contribution in [0.25, 0.3) is 11.1 Å². The molecule has 256 valence electrons. The van der Waals surface area contributed by atoms with Gasteiger partial charge < -0.3 is 34.8 Å². The fourth-order valence-corrected chi connectivity index (χ4v) is 8.34. The van der Waals surface area contributed by atoms with Crippen LogP contribution >= 0.6 is 23.5 Å². The van der Waals surface area contributed by atoms with E-state index in [9.17, 15) is 24.9 Å². The van der Waals surface area contributed by atoms with Gasteiger partial charge in [-0.05, 0) is 48.9 Å². The lowest BCUT2D eigenvalue weighted by Crippen LogP contribution is -2.65. The number of rotatable bonds is 12. The molecule has 1 amide bonds. The highest BCUT2D eigenvalue weighted by Gasteiger charge is 2.51. The quantitative estimate of drug-likeness (QED) is 0.148. The first-order valence-electron chi connectivity index (χ1n) is 16.1. The van der Waals surface area contributed by atoms with Crippen LogP contribution in [0.5, 0.6) is 0 Å². The van der Waals surface area contributed by atoms with Gasteiger partial charge in [0.05, 0.1) is 31.8 Å². The smallest absolute Gasteiger partial charge is 0.307 e. The number of carbonyl (C=O) groups excluding carboxylic acids is 2. The first kappa shape index (κ1) is 35.8. The van der Waals surface area contributed by atoms with Gasteiger partial charge in [-0.2, -0.15) is 0 Å². The number of fused-ring (bicyclic) bond motifs is 1. The second-order valence-electron chi connectivity index (χ2n) is 12.1. The number of allylic oxidation sites excluding steroid dienone is 1. The average Bonchev–Trinajstić information content (AvgIpc) is 3.27. The second kappa shape index (κ2) is 16.8. The highest BCUT2D eigenvalue weighted by molar-refractivity contribution is 8.00. The number of hydrogen-bond donors (Lipinski definition) is 4. The number of carbonyl (C=O) groups is 2. The van der Waals surface area contributed by atoms with Gasteiger partial charge in [-0.15, -0.1) is 23.5 Å². The molecule has 0 spiro atoms. The third-order valence-corrected chi connectivity index (χ3v) is 11.0. The number of esters is 1. The first-order valence-corrected chi connectivity index (χ1v) is 18.2. The van der Waals surface area contributed by atoms with E-state index < -0.39 is 48.0 Å². The van der Waals surface area contributed by atoms with Crippen molar-refractivity contribution in [3.8, 4) is 11.1 Å². The number of nitrogens with zero attached hydrogens (tertiary/aromatic N) is 2. The summed E-state index contributed by atoms with van der Waals surface area (Å²) in [5.41, 5.74) is 1.21. The molecule has 2 aromatic rings. The maximum absolute atomic E-state index is 14.4. The predicted molar refractivity (Wildman–Crippen MR) is 181 cm³/mol. The summed E-state index contributed by atoms with van der Waals surface area (Å²) in [5, 5.41) is 35.4. The summed E-state index contributed by atoms with van der Waals surface area (Å²) < 4.78 is 17.5. The van der Waals surface area contributed by atoms with Crippen LogP contribution in [0.1, 0.15) is 26.7 Å². The van der Waals surface area contributed by atoms with Crippen LogP contribution in [0.3, 0.4) is 0 Å². The summed E-state index contributed by atoms with van der Waals surface area (Å²) in [6.45, 7) is 5.27. The molecule has 10 atom stereocenters. The fourth-order valence-electron chi connectivity index (χ4n) is 6.57. The lowest BCUT2D eigenvalue weighted by molar-refractivity contribution is -0.205. The van der Waals surface area contributed by atoms with E-state index in [4.69, 9.17) is 14.2 Å². The fraction of sp³-hybridized carbons (Fsp3) is 0.559. The minimum atomic E-state index is -1.46. The zero-order valence-electron chi connectivity index (χ0n) is 26.9. The Labute approximate surface area is 284 Å². The molecule has 11 nitrogen and oxygen atoms in total. The standard InChI is InChI=1S/C34H45N3O8S2/c1-4-43-25(38)14-16-37-19-23-8-5-6-17-44-31(23)27(37)33(42)36-26(32-29(40)28(39)30(41)34(45-32)46-3)20(2)47-24-12-10-21(11-13-24)22-9-7-15-35-18-22/h5-7,9-13,15,18,20,23,26-32,34,39-41H,4,8,14,16-17,19H2,1-3H3,(H,36,42)/t20-,23-,26+,27-,28?,29?,30?,31+,32?,34?/m0/s1. The molecular weight excluding hydrogens is 643 g/mol. The summed E-state index contributed by atoms with van der Waals surface area (Å²) >= 11 is 2.73. The van der Waals surface area contributed by atoms with E-state index in [1.807, 2.05) is 54.3 Å². The Morgan fingerprint density at radius 3 is 2.60 bits per heavy atom. The van der Waals surface area contributed by atoms with Crippen LogP contribution in [0.4, 0.5) is 0 Å². The van der Waals surface area contributed by atoms with Crippen molar-refractivity contribution in [3.63, 3.8) is 0 Å². The van der Waals surface area contributed by atoms with Crippen molar-refractivity contribution in [3.05, 3.63) is 60.9 Å². The Morgan fingerprint density at radius 2 is 1.89 bits per heavy atom. The second-order valence-corrected chi connectivity index (χ2v) is 14.4. The van der Waals surface area contributed by atoms with Crippen molar-refractivity contribution in [2.45, 2.75) is 84.9 Å². The number of pyridine rings is 1. The Kier molecular flexibility index (Phi) is 12.8. The monoisotopic (exact) mass is 687 g/mol. The van der Waals surface area contributed by atoms with E-state index in [1.165, 1.54) is 23.5 Å². The highest BCUT2D eigenvalue weighted by atomic mass is 32.2. The maximum Gasteiger partial charge on any atom is 0.307 e. The molecule has 0 radical (unpaired) electrons. The van der Waals surface area contributed by atoms with Crippen molar-refractivity contribution in [2.75, 3.05) is 32.6 Å². The van der Waals surface area contributed by atoms with Gasteiger partial charge in [-0.25, -0.2) is 0 Å². The zero-order chi connectivity index (χ0) is 33.5. The van der Waals surface area contributed by atoms with Crippen molar-refractivity contribution >= 4 is 35.4 Å². The number of benzene rings is 1. The molecule has 0 bridgehead atoms. The number of hydrogen-bond acceptors (Lipinski definition) is 12. The molecule has 3 aliphatic heterocycles. The van der Waals surface area contributed by atoms with E-state index in [2.05, 4.69) is 16.4 Å². The van der Waals surface area contributed by atoms with E-state index in [1.54, 1.807) is 25.6 Å². The Hall–Kier alpha value is -2.49. The Morgan fingerprint density at radius 1 is 1.11 bits per heavy atom. The van der Waals surface area contributed by atoms with Crippen LogP contribution < -0.4 is 5.32 Å². The maximum atomic E-state index is 14.4. The number of aliphatic hydroxyl groups is 3. The van der Waals surface area contributed by atoms with Crippen LogP contribution in [0.2, 0.25) is 0 Å². The zero-order valence-corrected chi connectivity index (χ0v) is 28.5. The van der Waals surface area contributed by atoms with Gasteiger partial charge in [-0.1, -0.05) is 37.3 Å². The van der Waals surface area contributed by atoms with Gasteiger partial charge in [-0.3, -0.25) is 19.5 Å². The van der Waals surface area contributed by atoms with Crippen molar-refractivity contribution < 1.29 is 39.1 Å². The van der Waals surface area contributed by atoms with Gasteiger partial charge in [0.15, 0.2) is 0 Å². The first-order chi connectivity index (χ1) is 22.7. The van der Waals surface area contributed by atoms with E-state index in [0.29, 0.717) is 19.7 Å². The van der Waals surface area contributed by atoms with Gasteiger partial charge in [0, 0.05) is 41.5 Å². The van der Waals surface area contributed by atoms with Gasteiger partial charge >= 0.3 is 5.97 Å². The molecule has 5 unspecified atom stereocenters. The van der Waals surface area contributed by atoms with Gasteiger partial charge in [0.2, 0.25) is 5.91 Å². The topological polar surface area (TPSA) is 151 Å². The molecule has 1 aromatic heterocycles. The number of ether oxygens (including phenoxy) is 3. The van der Waals surface area contributed by atoms with Crippen LogP contribution in [-0.4, -0.2) is 123 Å². The SMILES string of the molecule is CCOC(=O)CCN1C[C@@H]2CC=CCO[C@H]2[C@H]1C(=O)N[C@@H](C1OC(SC)C(O)C(O)C1O)[C@H](C)Sc1ccc(-c2cccnc2)cc1. The van der Waals surface area contributed by atoms with Gasteiger partial charge in [0.1, 0.15) is 35.9 Å². The Balaban J connectivity index is 1.40. The summed E-state index contributed by atoms with van der Waals surface area (Å²) in [4.78, 5) is 33.7. The number of amides is 1. The molecule has 2 fully saturated rings. The summed E-state index contributed by atoms with van der Waals surface area (Å²) in [6.07, 6.45) is 4.56. The number of aromatic nitrogens is 1. The van der Waals surface area contributed by atoms with Crippen molar-refractivity contribution in [2.24, 2.45) is 5.92 Å². The average molecular weight is 688 g/mol. The lowest BCUT2D eigenvalue weighted by Gasteiger charge is -2.45. The molecule has 4 N–H and O–H groups in total. The molecule has 13 heteroatoms. The van der Waals surface area contributed by atoms with Crippen molar-refractivity contribution in [1.29, 1.82) is 0 Å². The molecule has 0 aliphatic carbocycles. The minimum Gasteiger partial charge on any atom is -0.466 e. The number of thioether (sulfide) groups is 2. The summed E-state index contributed by atoms with van der Waals surface area (Å²) in [5.74, 6) is -0.583. The predicted octanol–water partition coefficient (Wildman–Crippen LogP) is 2.48. The molecule has 4 heterocycles. The normalized spacial score (nSPS) is 30.6. The molecule has 2 saturated heterocycles. The number of aliphatic hydroxyl groups excluding tert-OH is 3. The number of nitrogens with one attached hydrogen (secondary N) is 1.